The molecule has 0 heterocycles. The van der Waals surface area contributed by atoms with Crippen molar-refractivity contribution < 1.29 is 18.7 Å². The summed E-state index contributed by atoms with van der Waals surface area (Å²) in [6, 6.07) is 3.77. The van der Waals surface area contributed by atoms with Crippen LogP contribution in [0.3, 0.4) is 0 Å². The summed E-state index contributed by atoms with van der Waals surface area (Å²) in [7, 11) is 0. The van der Waals surface area contributed by atoms with Crippen molar-refractivity contribution in [3.63, 3.8) is 0 Å². The van der Waals surface area contributed by atoms with E-state index in [1.54, 1.807) is 0 Å². The molecular formula is C16H20F2O2. The van der Waals surface area contributed by atoms with E-state index in [9.17, 15) is 18.7 Å². The number of aliphatic carboxylic acids is 1. The fourth-order valence-electron chi connectivity index (χ4n) is 3.34. The maximum atomic E-state index is 13.4. The van der Waals surface area contributed by atoms with Crippen LogP contribution in [0.5, 0.6) is 0 Å². The van der Waals surface area contributed by atoms with Crippen molar-refractivity contribution in [2.75, 3.05) is 0 Å². The van der Waals surface area contributed by atoms with Crippen molar-refractivity contribution in [3.8, 4) is 0 Å². The Morgan fingerprint density at radius 1 is 1.30 bits per heavy atom. The molecule has 0 saturated heterocycles. The lowest BCUT2D eigenvalue weighted by Gasteiger charge is -2.34. The zero-order chi connectivity index (χ0) is 14.7. The van der Waals surface area contributed by atoms with Crippen LogP contribution in [-0.4, -0.2) is 11.1 Å². The van der Waals surface area contributed by atoms with Gasteiger partial charge >= 0.3 is 5.97 Å². The van der Waals surface area contributed by atoms with E-state index >= 15 is 0 Å². The second-order valence-corrected chi connectivity index (χ2v) is 5.69. The van der Waals surface area contributed by atoms with Crippen LogP contribution in [0.15, 0.2) is 18.2 Å². The Labute approximate surface area is 117 Å². The van der Waals surface area contributed by atoms with Crippen LogP contribution >= 0.6 is 0 Å². The minimum Gasteiger partial charge on any atom is -0.481 e. The van der Waals surface area contributed by atoms with Gasteiger partial charge < -0.3 is 5.11 Å². The van der Waals surface area contributed by atoms with Gasteiger partial charge in [-0.3, -0.25) is 4.79 Å². The number of halogens is 2. The number of carboxylic acids is 1. The molecule has 3 unspecified atom stereocenters. The molecule has 2 rings (SSSR count). The summed E-state index contributed by atoms with van der Waals surface area (Å²) in [6.45, 7) is 2.11. The predicted molar refractivity (Wildman–Crippen MR) is 72.5 cm³/mol. The van der Waals surface area contributed by atoms with Crippen molar-refractivity contribution in [2.45, 2.75) is 44.9 Å². The van der Waals surface area contributed by atoms with E-state index in [2.05, 4.69) is 6.92 Å². The second kappa shape index (κ2) is 6.33. The molecule has 4 heteroatoms. The first-order valence-electron chi connectivity index (χ1n) is 7.20. The van der Waals surface area contributed by atoms with Gasteiger partial charge in [0, 0.05) is 0 Å². The average molecular weight is 282 g/mol. The zero-order valence-electron chi connectivity index (χ0n) is 11.6. The lowest BCUT2D eigenvalue weighted by molar-refractivity contribution is -0.143. The van der Waals surface area contributed by atoms with Crippen LogP contribution in [0.4, 0.5) is 8.78 Å². The van der Waals surface area contributed by atoms with Crippen molar-refractivity contribution in [1.29, 1.82) is 0 Å². The topological polar surface area (TPSA) is 37.3 Å². The van der Waals surface area contributed by atoms with E-state index in [4.69, 9.17) is 0 Å². The van der Waals surface area contributed by atoms with Crippen molar-refractivity contribution >= 4 is 5.97 Å². The summed E-state index contributed by atoms with van der Waals surface area (Å²) in [6.07, 6.45) is 4.39. The molecule has 0 spiro atoms. The van der Waals surface area contributed by atoms with Crippen molar-refractivity contribution in [3.05, 3.63) is 35.4 Å². The highest BCUT2D eigenvalue weighted by Gasteiger charge is 2.35. The van der Waals surface area contributed by atoms with Crippen molar-refractivity contribution in [2.24, 2.45) is 11.8 Å². The number of carbonyl (C=O) groups is 1. The van der Waals surface area contributed by atoms with Crippen LogP contribution in [-0.2, 0) is 4.79 Å². The first-order chi connectivity index (χ1) is 9.52. The molecule has 110 valence electrons. The maximum Gasteiger partial charge on any atom is 0.307 e. The minimum atomic E-state index is -0.899. The summed E-state index contributed by atoms with van der Waals surface area (Å²) < 4.78 is 26.4. The molecule has 1 fully saturated rings. The summed E-state index contributed by atoms with van der Waals surface area (Å²) in [5, 5.41) is 9.34. The molecule has 1 N–H and O–H groups in total. The van der Waals surface area contributed by atoms with E-state index in [1.807, 2.05) is 0 Å². The Morgan fingerprint density at radius 2 is 2.05 bits per heavy atom. The molecule has 1 aliphatic carbocycles. The third-order valence-electron chi connectivity index (χ3n) is 4.34. The van der Waals surface area contributed by atoms with E-state index in [0.29, 0.717) is 17.9 Å². The lowest BCUT2D eigenvalue weighted by Crippen LogP contribution is -2.29. The maximum absolute atomic E-state index is 13.4. The molecule has 0 aliphatic heterocycles. The molecular weight excluding hydrogens is 262 g/mol. The van der Waals surface area contributed by atoms with E-state index in [0.717, 1.165) is 37.8 Å². The van der Waals surface area contributed by atoms with Gasteiger partial charge in [0.05, 0.1) is 5.92 Å². The molecule has 1 aromatic rings. The highest BCUT2D eigenvalue weighted by molar-refractivity contribution is 5.71. The number of rotatable bonds is 4. The highest BCUT2D eigenvalue weighted by atomic mass is 19.2. The number of hydrogen-bond acceptors (Lipinski definition) is 1. The fourth-order valence-corrected chi connectivity index (χ4v) is 3.34. The van der Waals surface area contributed by atoms with Gasteiger partial charge in [0.15, 0.2) is 11.6 Å². The SMILES string of the molecule is CCCC1CCC(C(=O)O)C(c2ccc(F)c(F)c2)C1. The predicted octanol–water partition coefficient (Wildman–Crippen LogP) is 4.35. The molecule has 1 saturated carbocycles. The molecule has 0 radical (unpaired) electrons. The number of benzene rings is 1. The molecule has 1 aliphatic rings. The monoisotopic (exact) mass is 282 g/mol. The van der Waals surface area contributed by atoms with Crippen LogP contribution in [0.1, 0.15) is 50.5 Å². The Balaban J connectivity index is 2.26. The summed E-state index contributed by atoms with van der Waals surface area (Å²) >= 11 is 0. The minimum absolute atomic E-state index is 0.215. The van der Waals surface area contributed by atoms with Gasteiger partial charge in [-0.25, -0.2) is 8.78 Å². The van der Waals surface area contributed by atoms with Crippen LogP contribution < -0.4 is 0 Å². The van der Waals surface area contributed by atoms with Gasteiger partial charge in [-0.1, -0.05) is 25.8 Å². The first-order valence-corrected chi connectivity index (χ1v) is 7.20. The molecule has 20 heavy (non-hydrogen) atoms. The number of hydrogen-bond donors (Lipinski definition) is 1. The Kier molecular flexibility index (Phi) is 4.73. The van der Waals surface area contributed by atoms with E-state index in [1.165, 1.54) is 6.07 Å². The summed E-state index contributed by atoms with van der Waals surface area (Å²) in [5.41, 5.74) is 0.608. The lowest BCUT2D eigenvalue weighted by atomic mass is 9.70. The van der Waals surface area contributed by atoms with Crippen LogP contribution in [0, 0.1) is 23.5 Å². The summed E-state index contributed by atoms with van der Waals surface area (Å²) in [5.74, 6) is -2.85. The van der Waals surface area contributed by atoms with Gasteiger partial charge in [0.1, 0.15) is 0 Å². The third kappa shape index (κ3) is 3.17. The second-order valence-electron chi connectivity index (χ2n) is 5.69. The van der Waals surface area contributed by atoms with Gasteiger partial charge in [0.25, 0.3) is 0 Å². The van der Waals surface area contributed by atoms with Gasteiger partial charge in [0.2, 0.25) is 0 Å². The van der Waals surface area contributed by atoms with Crippen LogP contribution in [0.25, 0.3) is 0 Å². The molecule has 0 aromatic heterocycles. The standard InChI is InChI=1S/C16H20F2O2/c1-2-3-10-4-6-12(16(19)20)13(8-10)11-5-7-14(17)15(18)9-11/h5,7,9-10,12-13H,2-4,6,8H2,1H3,(H,19,20). The number of carboxylic acid groups (broad SMARTS) is 1. The molecule has 1 aromatic carbocycles. The smallest absolute Gasteiger partial charge is 0.307 e. The Hall–Kier alpha value is -1.45. The average Bonchev–Trinajstić information content (AvgIpc) is 2.42. The van der Waals surface area contributed by atoms with Crippen LogP contribution in [0.2, 0.25) is 0 Å². The summed E-state index contributed by atoms with van der Waals surface area (Å²) in [4.78, 5) is 11.4. The van der Waals surface area contributed by atoms with Crippen molar-refractivity contribution in [1.82, 2.24) is 0 Å². The molecule has 0 bridgehead atoms. The third-order valence-corrected chi connectivity index (χ3v) is 4.34. The van der Waals surface area contributed by atoms with Gasteiger partial charge in [-0.2, -0.15) is 0 Å². The van der Waals surface area contributed by atoms with E-state index in [-0.39, 0.29) is 5.92 Å². The fraction of sp³-hybridized carbons (Fsp3) is 0.562. The Morgan fingerprint density at radius 3 is 2.65 bits per heavy atom. The largest absolute Gasteiger partial charge is 0.481 e. The molecule has 3 atom stereocenters. The zero-order valence-corrected chi connectivity index (χ0v) is 11.6. The van der Waals surface area contributed by atoms with Gasteiger partial charge in [-0.05, 0) is 48.8 Å². The van der Waals surface area contributed by atoms with E-state index < -0.39 is 23.5 Å². The normalized spacial score (nSPS) is 26.4. The molecule has 0 amide bonds. The first kappa shape index (κ1) is 14.9. The van der Waals surface area contributed by atoms with Gasteiger partial charge in [-0.15, -0.1) is 0 Å². The quantitative estimate of drug-likeness (QED) is 0.891. The molecule has 2 nitrogen and oxygen atoms in total. The highest BCUT2D eigenvalue weighted by Crippen LogP contribution is 2.42. The Bertz CT molecular complexity index is 487.